The van der Waals surface area contributed by atoms with Crippen molar-refractivity contribution in [2.24, 2.45) is 0 Å². The molecule has 1 aliphatic carbocycles. The predicted octanol–water partition coefficient (Wildman–Crippen LogP) is 2.80. The van der Waals surface area contributed by atoms with Crippen LogP contribution in [0.5, 0.6) is 0 Å². The number of anilines is 1. The van der Waals surface area contributed by atoms with Gasteiger partial charge >= 0.3 is 0 Å². The van der Waals surface area contributed by atoms with Gasteiger partial charge in [0.2, 0.25) is 0 Å². The second kappa shape index (κ2) is 4.37. The molecule has 1 aliphatic rings. The molecule has 4 heteroatoms. The summed E-state index contributed by atoms with van der Waals surface area (Å²) in [4.78, 5) is 0. The number of benzene rings is 1. The van der Waals surface area contributed by atoms with Crippen molar-refractivity contribution in [3.05, 3.63) is 29.0 Å². The van der Waals surface area contributed by atoms with E-state index in [2.05, 4.69) is 5.32 Å². The topological polar surface area (TPSA) is 32.3 Å². The fraction of sp³-hybridized carbons (Fsp3) is 0.455. The van der Waals surface area contributed by atoms with Crippen LogP contribution in [-0.2, 0) is 0 Å². The van der Waals surface area contributed by atoms with Gasteiger partial charge in [0.05, 0.1) is 17.8 Å². The van der Waals surface area contributed by atoms with Crippen molar-refractivity contribution in [2.45, 2.75) is 31.4 Å². The molecular formula is C11H13ClFNO. The Hall–Kier alpha value is -0.800. The Kier molecular flexibility index (Phi) is 3.12. The van der Waals surface area contributed by atoms with Crippen molar-refractivity contribution >= 4 is 17.3 Å². The minimum Gasteiger partial charge on any atom is -0.391 e. The highest BCUT2D eigenvalue weighted by molar-refractivity contribution is 6.30. The van der Waals surface area contributed by atoms with Gasteiger partial charge < -0.3 is 10.4 Å². The molecule has 2 unspecified atom stereocenters. The standard InChI is InChI=1S/C11H13ClFNO/c12-7-4-5-9(8(13)6-7)14-10-2-1-3-11(10)15/h4-6,10-11,14-15H,1-3H2. The lowest BCUT2D eigenvalue weighted by molar-refractivity contribution is 0.171. The molecule has 2 rings (SSSR count). The van der Waals surface area contributed by atoms with Crippen molar-refractivity contribution in [2.75, 3.05) is 5.32 Å². The Morgan fingerprint density at radius 3 is 2.80 bits per heavy atom. The molecule has 1 aromatic rings. The first-order chi connectivity index (χ1) is 7.16. The molecule has 0 bridgehead atoms. The van der Waals surface area contributed by atoms with E-state index in [0.29, 0.717) is 10.7 Å². The predicted molar refractivity (Wildman–Crippen MR) is 58.7 cm³/mol. The molecule has 0 saturated heterocycles. The number of nitrogens with one attached hydrogen (secondary N) is 1. The molecule has 1 saturated carbocycles. The van der Waals surface area contributed by atoms with E-state index < -0.39 is 0 Å². The first-order valence-electron chi connectivity index (χ1n) is 5.06. The van der Waals surface area contributed by atoms with Crippen LogP contribution in [0, 0.1) is 5.82 Å². The van der Waals surface area contributed by atoms with Gasteiger partial charge in [-0.1, -0.05) is 11.6 Å². The molecule has 0 aliphatic heterocycles. The van der Waals surface area contributed by atoms with E-state index in [-0.39, 0.29) is 18.0 Å². The van der Waals surface area contributed by atoms with Gasteiger partial charge in [0.25, 0.3) is 0 Å². The van der Waals surface area contributed by atoms with Gasteiger partial charge in [0, 0.05) is 5.02 Å². The van der Waals surface area contributed by atoms with Gasteiger partial charge in [-0.25, -0.2) is 4.39 Å². The Morgan fingerprint density at radius 1 is 1.40 bits per heavy atom. The maximum Gasteiger partial charge on any atom is 0.147 e. The molecule has 0 aromatic heterocycles. The third-order valence-electron chi connectivity index (χ3n) is 2.75. The molecule has 2 N–H and O–H groups in total. The molecule has 15 heavy (non-hydrogen) atoms. The van der Waals surface area contributed by atoms with Gasteiger partial charge in [0.15, 0.2) is 0 Å². The van der Waals surface area contributed by atoms with Crippen LogP contribution >= 0.6 is 11.6 Å². The number of hydrogen-bond donors (Lipinski definition) is 2. The van der Waals surface area contributed by atoms with Gasteiger partial charge in [-0.3, -0.25) is 0 Å². The number of rotatable bonds is 2. The molecule has 2 nitrogen and oxygen atoms in total. The molecule has 0 radical (unpaired) electrons. The maximum atomic E-state index is 13.4. The molecule has 1 fully saturated rings. The SMILES string of the molecule is OC1CCCC1Nc1ccc(Cl)cc1F. The van der Waals surface area contributed by atoms with Crippen LogP contribution in [0.15, 0.2) is 18.2 Å². The maximum absolute atomic E-state index is 13.4. The van der Waals surface area contributed by atoms with E-state index in [9.17, 15) is 9.50 Å². The summed E-state index contributed by atoms with van der Waals surface area (Å²) in [5.74, 6) is -0.374. The highest BCUT2D eigenvalue weighted by Crippen LogP contribution is 2.25. The van der Waals surface area contributed by atoms with Crippen LogP contribution in [0.1, 0.15) is 19.3 Å². The largest absolute Gasteiger partial charge is 0.391 e. The quantitative estimate of drug-likeness (QED) is 0.818. The minimum atomic E-state index is -0.375. The van der Waals surface area contributed by atoms with Crippen molar-refractivity contribution < 1.29 is 9.50 Å². The minimum absolute atomic E-state index is 0.0410. The van der Waals surface area contributed by atoms with E-state index in [1.807, 2.05) is 0 Å². The summed E-state index contributed by atoms with van der Waals surface area (Å²) in [6.45, 7) is 0. The van der Waals surface area contributed by atoms with E-state index >= 15 is 0 Å². The molecule has 82 valence electrons. The highest BCUT2D eigenvalue weighted by Gasteiger charge is 2.25. The van der Waals surface area contributed by atoms with Gasteiger partial charge in [-0.2, -0.15) is 0 Å². The Labute approximate surface area is 93.1 Å². The smallest absolute Gasteiger partial charge is 0.147 e. The van der Waals surface area contributed by atoms with Crippen molar-refractivity contribution in [1.29, 1.82) is 0 Å². The Morgan fingerprint density at radius 2 is 2.20 bits per heavy atom. The highest BCUT2D eigenvalue weighted by atomic mass is 35.5. The van der Waals surface area contributed by atoms with Gasteiger partial charge in [-0.15, -0.1) is 0 Å². The van der Waals surface area contributed by atoms with Gasteiger partial charge in [0.1, 0.15) is 5.82 Å². The normalized spacial score (nSPS) is 25.5. The Bertz CT molecular complexity index is 358. The number of aliphatic hydroxyl groups is 1. The zero-order valence-corrected chi connectivity index (χ0v) is 8.97. The number of aliphatic hydroxyl groups excluding tert-OH is 1. The average Bonchev–Trinajstić information content (AvgIpc) is 2.57. The zero-order chi connectivity index (χ0) is 10.8. The summed E-state index contributed by atoms with van der Waals surface area (Å²) in [6, 6.07) is 4.46. The van der Waals surface area contributed by atoms with Crippen LogP contribution < -0.4 is 5.32 Å². The summed E-state index contributed by atoms with van der Waals surface area (Å²) >= 11 is 5.65. The molecule has 0 spiro atoms. The summed E-state index contributed by atoms with van der Waals surface area (Å²) < 4.78 is 13.4. The first kappa shape index (κ1) is 10.7. The van der Waals surface area contributed by atoms with E-state index in [0.717, 1.165) is 19.3 Å². The molecule has 0 amide bonds. The summed E-state index contributed by atoms with van der Waals surface area (Å²) in [5.41, 5.74) is 0.408. The molecule has 2 atom stereocenters. The van der Waals surface area contributed by atoms with Crippen molar-refractivity contribution in [3.63, 3.8) is 0 Å². The van der Waals surface area contributed by atoms with Crippen LogP contribution in [0.4, 0.5) is 10.1 Å². The molecular weight excluding hydrogens is 217 g/mol. The number of hydrogen-bond acceptors (Lipinski definition) is 2. The van der Waals surface area contributed by atoms with Crippen LogP contribution in [0.25, 0.3) is 0 Å². The number of halogens is 2. The zero-order valence-electron chi connectivity index (χ0n) is 8.21. The second-order valence-electron chi connectivity index (χ2n) is 3.87. The summed E-state index contributed by atoms with van der Waals surface area (Å²) in [5, 5.41) is 13.0. The van der Waals surface area contributed by atoms with Crippen molar-refractivity contribution in [3.8, 4) is 0 Å². The van der Waals surface area contributed by atoms with E-state index in [1.54, 1.807) is 12.1 Å². The Balaban J connectivity index is 2.10. The fourth-order valence-electron chi connectivity index (χ4n) is 1.92. The molecule has 1 aromatic carbocycles. The van der Waals surface area contributed by atoms with E-state index in [1.165, 1.54) is 6.07 Å². The second-order valence-corrected chi connectivity index (χ2v) is 4.31. The lowest BCUT2D eigenvalue weighted by Crippen LogP contribution is -2.28. The lowest BCUT2D eigenvalue weighted by Gasteiger charge is -2.18. The first-order valence-corrected chi connectivity index (χ1v) is 5.44. The van der Waals surface area contributed by atoms with Crippen molar-refractivity contribution in [1.82, 2.24) is 0 Å². The average molecular weight is 230 g/mol. The summed E-state index contributed by atoms with van der Waals surface area (Å²) in [6.07, 6.45) is 2.27. The van der Waals surface area contributed by atoms with Gasteiger partial charge in [-0.05, 0) is 37.5 Å². The van der Waals surface area contributed by atoms with Crippen LogP contribution in [0.3, 0.4) is 0 Å². The fourth-order valence-corrected chi connectivity index (χ4v) is 2.07. The lowest BCUT2D eigenvalue weighted by atomic mass is 10.2. The summed E-state index contributed by atoms with van der Waals surface area (Å²) in [7, 11) is 0. The van der Waals surface area contributed by atoms with Crippen LogP contribution in [-0.4, -0.2) is 17.3 Å². The molecule has 0 heterocycles. The third-order valence-corrected chi connectivity index (χ3v) is 2.99. The monoisotopic (exact) mass is 229 g/mol. The van der Waals surface area contributed by atoms with E-state index in [4.69, 9.17) is 11.6 Å². The third kappa shape index (κ3) is 2.41. The van der Waals surface area contributed by atoms with Crippen LogP contribution in [0.2, 0.25) is 5.02 Å².